The number of hydrogen-bond acceptors (Lipinski definition) is 3. The van der Waals surface area contributed by atoms with Crippen LogP contribution in [0.5, 0.6) is 11.5 Å². The first-order valence-corrected chi connectivity index (χ1v) is 13.9. The lowest BCUT2D eigenvalue weighted by Gasteiger charge is -2.25. The Morgan fingerprint density at radius 2 is 1.19 bits per heavy atom. The number of para-hydroxylation sites is 1. The summed E-state index contributed by atoms with van der Waals surface area (Å²) >= 11 is 0. The van der Waals surface area contributed by atoms with Crippen molar-refractivity contribution in [2.45, 2.75) is 12.8 Å². The maximum absolute atomic E-state index is 13.5. The summed E-state index contributed by atoms with van der Waals surface area (Å²) < 4.78 is 5.93. The van der Waals surface area contributed by atoms with Crippen molar-refractivity contribution < 1.29 is 14.3 Å². The van der Waals surface area contributed by atoms with Crippen LogP contribution in [0.15, 0.2) is 140 Å². The van der Waals surface area contributed by atoms with Crippen LogP contribution in [0.25, 0.3) is 0 Å². The minimum atomic E-state index is -0.461. The van der Waals surface area contributed by atoms with E-state index >= 15 is 0 Å². The number of nitrogens with one attached hydrogen (secondary N) is 2. The quantitative estimate of drug-likeness (QED) is 0.185. The van der Waals surface area contributed by atoms with Crippen LogP contribution in [-0.2, 0) is 4.79 Å². The van der Waals surface area contributed by atoms with Gasteiger partial charge in [0.15, 0.2) is 0 Å². The molecule has 0 heterocycles. The summed E-state index contributed by atoms with van der Waals surface area (Å²) in [5, 5.41) is 6.04. The second-order valence-corrected chi connectivity index (χ2v) is 9.90. The summed E-state index contributed by atoms with van der Waals surface area (Å²) in [4.78, 5) is 28.6. The van der Waals surface area contributed by atoms with Gasteiger partial charge >= 0.3 is 6.03 Å². The topological polar surface area (TPSA) is 70.7 Å². The molecule has 6 heteroatoms. The highest BCUT2D eigenvalue weighted by molar-refractivity contribution is 6.01. The van der Waals surface area contributed by atoms with Gasteiger partial charge in [0.25, 0.3) is 0 Å². The predicted octanol–water partition coefficient (Wildman–Crippen LogP) is 7.77. The molecule has 5 aromatic rings. The Bertz CT molecular complexity index is 1530. The van der Waals surface area contributed by atoms with Gasteiger partial charge < -0.3 is 15.4 Å². The number of rotatable bonds is 10. The second kappa shape index (κ2) is 13.8. The van der Waals surface area contributed by atoms with Crippen molar-refractivity contribution in [1.82, 2.24) is 5.32 Å². The number of aryl methyl sites for hydroxylation is 1. The molecule has 0 radical (unpaired) electrons. The summed E-state index contributed by atoms with van der Waals surface area (Å²) in [5.41, 5.74) is 4.29. The third-order valence-corrected chi connectivity index (χ3v) is 6.84. The van der Waals surface area contributed by atoms with Crippen LogP contribution < -0.4 is 20.3 Å². The molecule has 6 nitrogen and oxygen atoms in total. The van der Waals surface area contributed by atoms with Crippen molar-refractivity contribution in [2.24, 2.45) is 0 Å². The number of carbonyl (C=O) groups excluding carboxylic acids is 2. The maximum atomic E-state index is 13.5. The summed E-state index contributed by atoms with van der Waals surface area (Å²) in [6.07, 6.45) is 0. The van der Waals surface area contributed by atoms with E-state index in [0.29, 0.717) is 17.1 Å². The van der Waals surface area contributed by atoms with Gasteiger partial charge in [-0.1, -0.05) is 96.6 Å². The molecule has 5 rings (SSSR count). The minimum absolute atomic E-state index is 0.127. The number of hydrogen-bond donors (Lipinski definition) is 2. The number of carbonyl (C=O) groups is 2. The monoisotopic (exact) mass is 555 g/mol. The van der Waals surface area contributed by atoms with Gasteiger partial charge in [0, 0.05) is 24.5 Å². The van der Waals surface area contributed by atoms with Gasteiger partial charge in [-0.15, -0.1) is 0 Å². The van der Waals surface area contributed by atoms with Crippen molar-refractivity contribution in [3.63, 3.8) is 0 Å². The highest BCUT2D eigenvalue weighted by Crippen LogP contribution is 2.26. The van der Waals surface area contributed by atoms with Gasteiger partial charge in [0.1, 0.15) is 11.5 Å². The van der Waals surface area contributed by atoms with E-state index in [2.05, 4.69) is 10.6 Å². The average molecular weight is 556 g/mol. The Morgan fingerprint density at radius 1 is 0.667 bits per heavy atom. The maximum Gasteiger partial charge on any atom is 0.326 e. The molecule has 0 aliphatic heterocycles. The Morgan fingerprint density at radius 3 is 1.76 bits per heavy atom. The van der Waals surface area contributed by atoms with Gasteiger partial charge in [-0.25, -0.2) is 4.79 Å². The molecule has 0 spiro atoms. The van der Waals surface area contributed by atoms with E-state index in [-0.39, 0.29) is 25.0 Å². The molecule has 2 N–H and O–H groups in total. The van der Waals surface area contributed by atoms with Crippen LogP contribution in [0.4, 0.5) is 16.2 Å². The van der Waals surface area contributed by atoms with Gasteiger partial charge in [-0.2, -0.15) is 0 Å². The summed E-state index contributed by atoms with van der Waals surface area (Å²) in [7, 11) is 0. The molecular formula is C36H33N3O3. The second-order valence-electron chi connectivity index (χ2n) is 9.90. The SMILES string of the molecule is Cc1ccc(NC(=O)N(CCNC(=O)C(c2ccccc2)c2ccccc2)c2ccc(Oc3ccccc3)cc2)cc1. The van der Waals surface area contributed by atoms with Crippen LogP contribution in [0, 0.1) is 6.92 Å². The number of urea groups is 1. The zero-order valence-electron chi connectivity index (χ0n) is 23.4. The van der Waals surface area contributed by atoms with Crippen molar-refractivity contribution >= 4 is 23.3 Å². The lowest BCUT2D eigenvalue weighted by molar-refractivity contribution is -0.121. The fourth-order valence-corrected chi connectivity index (χ4v) is 4.67. The van der Waals surface area contributed by atoms with E-state index < -0.39 is 5.92 Å². The number of nitrogens with zero attached hydrogens (tertiary/aromatic N) is 1. The smallest absolute Gasteiger partial charge is 0.326 e. The molecule has 3 amide bonds. The molecule has 0 fully saturated rings. The highest BCUT2D eigenvalue weighted by atomic mass is 16.5. The van der Waals surface area contributed by atoms with E-state index in [0.717, 1.165) is 22.4 Å². The molecule has 0 bridgehead atoms. The van der Waals surface area contributed by atoms with E-state index in [1.54, 1.807) is 4.90 Å². The van der Waals surface area contributed by atoms with E-state index in [1.807, 2.05) is 146 Å². The van der Waals surface area contributed by atoms with Crippen LogP contribution >= 0.6 is 0 Å². The van der Waals surface area contributed by atoms with Crippen LogP contribution in [0.3, 0.4) is 0 Å². The largest absolute Gasteiger partial charge is 0.457 e. The summed E-state index contributed by atoms with van der Waals surface area (Å²) in [6, 6.07) is 43.6. The number of anilines is 2. The third kappa shape index (κ3) is 7.43. The fraction of sp³-hybridized carbons (Fsp3) is 0.111. The molecule has 0 aliphatic carbocycles. The van der Waals surface area contributed by atoms with Crippen molar-refractivity contribution in [2.75, 3.05) is 23.3 Å². The fourth-order valence-electron chi connectivity index (χ4n) is 4.67. The molecule has 0 unspecified atom stereocenters. The first-order chi connectivity index (χ1) is 20.6. The minimum Gasteiger partial charge on any atom is -0.457 e. The summed E-state index contributed by atoms with van der Waals surface area (Å²) in [5.74, 6) is 0.800. The third-order valence-electron chi connectivity index (χ3n) is 6.84. The lowest BCUT2D eigenvalue weighted by Crippen LogP contribution is -2.42. The van der Waals surface area contributed by atoms with E-state index in [1.165, 1.54) is 0 Å². The van der Waals surface area contributed by atoms with Gasteiger partial charge in [-0.05, 0) is 66.6 Å². The Hall–Kier alpha value is -5.36. The van der Waals surface area contributed by atoms with Gasteiger partial charge in [0.05, 0.1) is 5.92 Å². The van der Waals surface area contributed by atoms with Crippen molar-refractivity contribution in [3.8, 4) is 11.5 Å². The molecule has 42 heavy (non-hydrogen) atoms. The molecule has 210 valence electrons. The number of amides is 3. The zero-order chi connectivity index (χ0) is 29.1. The van der Waals surface area contributed by atoms with E-state index in [9.17, 15) is 9.59 Å². The first-order valence-electron chi connectivity index (χ1n) is 13.9. The van der Waals surface area contributed by atoms with Crippen molar-refractivity contribution in [3.05, 3.63) is 156 Å². The van der Waals surface area contributed by atoms with Crippen LogP contribution in [0.2, 0.25) is 0 Å². The highest BCUT2D eigenvalue weighted by Gasteiger charge is 2.23. The number of benzene rings is 5. The molecule has 0 aromatic heterocycles. The predicted molar refractivity (Wildman–Crippen MR) is 168 cm³/mol. The molecule has 5 aromatic carbocycles. The average Bonchev–Trinajstić information content (AvgIpc) is 3.03. The summed E-state index contributed by atoms with van der Waals surface area (Å²) in [6.45, 7) is 2.52. The van der Waals surface area contributed by atoms with E-state index in [4.69, 9.17) is 4.74 Å². The van der Waals surface area contributed by atoms with Gasteiger partial charge in [0.2, 0.25) is 5.91 Å². The standard InChI is InChI=1S/C36H33N3O3/c1-27-17-19-30(20-18-27)38-36(41)39(31-21-23-33(24-22-31)42-32-15-9-4-10-16-32)26-25-37-35(40)34(28-11-5-2-6-12-28)29-13-7-3-8-14-29/h2-24,34H,25-26H2,1H3,(H,37,40)(H,38,41). The lowest BCUT2D eigenvalue weighted by atomic mass is 9.90. The Kier molecular flexibility index (Phi) is 9.27. The van der Waals surface area contributed by atoms with Gasteiger partial charge in [-0.3, -0.25) is 9.69 Å². The molecule has 0 aliphatic rings. The molecule has 0 atom stereocenters. The molecular weight excluding hydrogens is 522 g/mol. The first kappa shape index (κ1) is 28.2. The Balaban J connectivity index is 1.32. The van der Waals surface area contributed by atoms with Crippen LogP contribution in [-0.4, -0.2) is 25.0 Å². The Labute approximate surface area is 246 Å². The normalized spacial score (nSPS) is 10.6. The molecule has 0 saturated heterocycles. The molecule has 0 saturated carbocycles. The van der Waals surface area contributed by atoms with Crippen molar-refractivity contribution in [1.29, 1.82) is 0 Å². The van der Waals surface area contributed by atoms with Crippen LogP contribution in [0.1, 0.15) is 22.6 Å². The zero-order valence-corrected chi connectivity index (χ0v) is 23.4. The number of ether oxygens (including phenoxy) is 1.